The second-order valence-corrected chi connectivity index (χ2v) is 5.94. The highest BCUT2D eigenvalue weighted by Crippen LogP contribution is 2.39. The van der Waals surface area contributed by atoms with Gasteiger partial charge in [0.25, 0.3) is 0 Å². The summed E-state index contributed by atoms with van der Waals surface area (Å²) in [5.41, 5.74) is 1.74. The molecule has 3 aromatic rings. The Labute approximate surface area is 120 Å². The normalized spacial score (nSPS) is 15.1. The molecule has 0 aliphatic heterocycles. The minimum absolute atomic E-state index is 0.594. The Bertz CT molecular complexity index is 726. The fourth-order valence-electron chi connectivity index (χ4n) is 2.31. The molecule has 6 heteroatoms. The molecular weight excluding hydrogens is 272 g/mol. The Balaban J connectivity index is 1.55. The summed E-state index contributed by atoms with van der Waals surface area (Å²) in [5.74, 6) is 2.41. The highest BCUT2D eigenvalue weighted by Gasteiger charge is 2.28. The van der Waals surface area contributed by atoms with Gasteiger partial charge in [0, 0.05) is 6.04 Å². The molecule has 0 amide bonds. The molecule has 1 fully saturated rings. The largest absolute Gasteiger partial charge is 0.440 e. The van der Waals surface area contributed by atoms with Gasteiger partial charge in [-0.25, -0.2) is 4.98 Å². The first-order valence-corrected chi connectivity index (χ1v) is 7.68. The van der Waals surface area contributed by atoms with Crippen molar-refractivity contribution in [1.29, 1.82) is 0 Å². The summed E-state index contributed by atoms with van der Waals surface area (Å²) in [6.07, 6.45) is 2.46. The summed E-state index contributed by atoms with van der Waals surface area (Å²) in [7, 11) is 0. The monoisotopic (exact) mass is 286 g/mol. The minimum atomic E-state index is 0.594. The number of oxazole rings is 1. The topological polar surface area (TPSA) is 56.7 Å². The number of hydrogen-bond donors (Lipinski definition) is 0. The van der Waals surface area contributed by atoms with E-state index < -0.39 is 0 Å². The third-order valence-electron chi connectivity index (χ3n) is 3.41. The summed E-state index contributed by atoms with van der Waals surface area (Å²) in [5, 5.41) is 9.39. The second-order valence-electron chi connectivity index (χ2n) is 4.99. The van der Waals surface area contributed by atoms with E-state index in [-0.39, 0.29) is 0 Å². The van der Waals surface area contributed by atoms with E-state index in [0.29, 0.717) is 11.8 Å². The summed E-state index contributed by atoms with van der Waals surface area (Å²) in [4.78, 5) is 4.48. The molecule has 2 aromatic heterocycles. The molecule has 20 heavy (non-hydrogen) atoms. The van der Waals surface area contributed by atoms with Crippen LogP contribution >= 0.6 is 11.8 Å². The predicted molar refractivity (Wildman–Crippen MR) is 76.6 cm³/mol. The van der Waals surface area contributed by atoms with E-state index in [1.165, 1.54) is 12.8 Å². The molecule has 0 N–H and O–H groups in total. The van der Waals surface area contributed by atoms with Crippen molar-refractivity contribution < 1.29 is 4.42 Å². The smallest absolute Gasteiger partial charge is 0.205 e. The molecule has 1 aliphatic rings. The van der Waals surface area contributed by atoms with E-state index >= 15 is 0 Å². The molecular formula is C14H14N4OS. The predicted octanol–water partition coefficient (Wildman–Crippen LogP) is 3.35. The van der Waals surface area contributed by atoms with Gasteiger partial charge >= 0.3 is 0 Å². The summed E-state index contributed by atoms with van der Waals surface area (Å²) in [6, 6.07) is 8.42. The molecule has 102 valence electrons. The van der Waals surface area contributed by atoms with E-state index in [1.54, 1.807) is 11.8 Å². The highest BCUT2D eigenvalue weighted by atomic mass is 32.2. The quantitative estimate of drug-likeness (QED) is 0.688. The summed E-state index contributed by atoms with van der Waals surface area (Å²) in [6.45, 7) is 2.01. The molecule has 1 saturated carbocycles. The molecule has 5 nitrogen and oxygen atoms in total. The lowest BCUT2D eigenvalue weighted by Crippen LogP contribution is -1.99. The van der Waals surface area contributed by atoms with Crippen molar-refractivity contribution in [2.75, 3.05) is 0 Å². The number of thioether (sulfide) groups is 1. The van der Waals surface area contributed by atoms with Crippen molar-refractivity contribution in [2.45, 2.75) is 36.7 Å². The third kappa shape index (κ3) is 2.10. The van der Waals surface area contributed by atoms with Crippen LogP contribution in [-0.2, 0) is 5.75 Å². The Morgan fingerprint density at radius 3 is 2.95 bits per heavy atom. The maximum Gasteiger partial charge on any atom is 0.205 e. The molecule has 2 heterocycles. The van der Waals surface area contributed by atoms with E-state index in [9.17, 15) is 0 Å². The van der Waals surface area contributed by atoms with Gasteiger partial charge in [0.2, 0.25) is 5.89 Å². The van der Waals surface area contributed by atoms with Crippen LogP contribution in [0.4, 0.5) is 0 Å². The number of fused-ring (bicyclic) bond motifs is 1. The van der Waals surface area contributed by atoms with Gasteiger partial charge in [0.05, 0.1) is 5.75 Å². The van der Waals surface area contributed by atoms with Gasteiger partial charge in [-0.2, -0.15) is 0 Å². The maximum atomic E-state index is 5.72. The number of aryl methyl sites for hydroxylation is 1. The van der Waals surface area contributed by atoms with Crippen molar-refractivity contribution in [3.8, 4) is 0 Å². The van der Waals surface area contributed by atoms with Crippen LogP contribution in [0.1, 0.15) is 30.6 Å². The lowest BCUT2D eigenvalue weighted by atomic mass is 10.3. The molecule has 0 atom stereocenters. The van der Waals surface area contributed by atoms with Crippen LogP contribution in [0.3, 0.4) is 0 Å². The zero-order valence-corrected chi connectivity index (χ0v) is 11.9. The van der Waals surface area contributed by atoms with Gasteiger partial charge in [0.15, 0.2) is 10.7 Å². The van der Waals surface area contributed by atoms with E-state index in [0.717, 1.165) is 28.0 Å². The van der Waals surface area contributed by atoms with Gasteiger partial charge in [-0.05, 0) is 31.9 Å². The van der Waals surface area contributed by atoms with Gasteiger partial charge in [-0.1, -0.05) is 23.9 Å². The van der Waals surface area contributed by atoms with Gasteiger partial charge < -0.3 is 8.98 Å². The van der Waals surface area contributed by atoms with E-state index in [2.05, 4.69) is 19.7 Å². The SMILES string of the molecule is Cc1nnc(SCc2nc3ccccc3o2)n1C1CC1. The van der Waals surface area contributed by atoms with Crippen LogP contribution in [0.2, 0.25) is 0 Å². The first-order chi connectivity index (χ1) is 9.81. The first-order valence-electron chi connectivity index (χ1n) is 6.70. The molecule has 0 saturated heterocycles. The molecule has 0 unspecified atom stereocenters. The van der Waals surface area contributed by atoms with Crippen LogP contribution in [0.25, 0.3) is 11.1 Å². The number of benzene rings is 1. The van der Waals surface area contributed by atoms with Crippen LogP contribution in [-0.4, -0.2) is 19.7 Å². The maximum absolute atomic E-state index is 5.72. The van der Waals surface area contributed by atoms with Crippen LogP contribution < -0.4 is 0 Å². The standard InChI is InChI=1S/C14H14N4OS/c1-9-16-17-14(18(9)10-6-7-10)20-8-13-15-11-4-2-3-5-12(11)19-13/h2-5,10H,6-8H2,1H3. The minimum Gasteiger partial charge on any atom is -0.440 e. The Kier molecular flexibility index (Phi) is 2.77. The number of nitrogens with zero attached hydrogens (tertiary/aromatic N) is 4. The molecule has 4 rings (SSSR count). The van der Waals surface area contributed by atoms with Crippen LogP contribution in [0.5, 0.6) is 0 Å². The fraction of sp³-hybridized carbons (Fsp3) is 0.357. The average molecular weight is 286 g/mol. The van der Waals surface area contributed by atoms with Crippen molar-refractivity contribution in [3.05, 3.63) is 36.0 Å². The zero-order chi connectivity index (χ0) is 13.5. The van der Waals surface area contributed by atoms with Crippen LogP contribution in [0.15, 0.2) is 33.8 Å². The number of aromatic nitrogens is 4. The van der Waals surface area contributed by atoms with Crippen molar-refractivity contribution >= 4 is 22.9 Å². The van der Waals surface area contributed by atoms with E-state index in [1.807, 2.05) is 31.2 Å². The molecule has 0 bridgehead atoms. The Morgan fingerprint density at radius 1 is 1.30 bits per heavy atom. The van der Waals surface area contributed by atoms with E-state index in [4.69, 9.17) is 4.42 Å². The Morgan fingerprint density at radius 2 is 2.15 bits per heavy atom. The number of rotatable bonds is 4. The van der Waals surface area contributed by atoms with Crippen molar-refractivity contribution in [1.82, 2.24) is 19.7 Å². The van der Waals surface area contributed by atoms with Crippen molar-refractivity contribution in [2.24, 2.45) is 0 Å². The fourth-order valence-corrected chi connectivity index (χ4v) is 3.20. The lowest BCUT2D eigenvalue weighted by molar-refractivity contribution is 0.555. The first kappa shape index (κ1) is 12.0. The zero-order valence-electron chi connectivity index (χ0n) is 11.1. The highest BCUT2D eigenvalue weighted by molar-refractivity contribution is 7.98. The molecule has 0 spiro atoms. The Hall–Kier alpha value is -1.82. The number of para-hydroxylation sites is 2. The van der Waals surface area contributed by atoms with Crippen LogP contribution in [0, 0.1) is 6.92 Å². The average Bonchev–Trinajstić information content (AvgIpc) is 3.09. The second kappa shape index (κ2) is 4.63. The molecule has 0 radical (unpaired) electrons. The third-order valence-corrected chi connectivity index (χ3v) is 4.34. The van der Waals surface area contributed by atoms with Gasteiger partial charge in [0.1, 0.15) is 11.3 Å². The lowest BCUT2D eigenvalue weighted by Gasteiger charge is -2.04. The van der Waals surface area contributed by atoms with Crippen molar-refractivity contribution in [3.63, 3.8) is 0 Å². The summed E-state index contributed by atoms with van der Waals surface area (Å²) >= 11 is 1.64. The molecule has 1 aliphatic carbocycles. The van der Waals surface area contributed by atoms with Gasteiger partial charge in [-0.15, -0.1) is 10.2 Å². The van der Waals surface area contributed by atoms with Gasteiger partial charge in [-0.3, -0.25) is 0 Å². The summed E-state index contributed by atoms with van der Waals surface area (Å²) < 4.78 is 7.95. The number of hydrogen-bond acceptors (Lipinski definition) is 5. The molecule has 1 aromatic carbocycles.